The number of nitrogens with zero attached hydrogens (tertiary/aromatic N) is 2. The molecule has 1 amide bonds. The van der Waals surface area contributed by atoms with Crippen LogP contribution in [0.5, 0.6) is 0 Å². The third-order valence-electron chi connectivity index (χ3n) is 4.60. The Hall–Kier alpha value is -1.30. The highest BCUT2D eigenvalue weighted by atomic mass is 16.4. The van der Waals surface area contributed by atoms with Crippen molar-refractivity contribution in [3.8, 4) is 0 Å². The number of aliphatic hydroxyl groups excluding tert-OH is 1. The van der Waals surface area contributed by atoms with E-state index in [9.17, 15) is 9.90 Å². The van der Waals surface area contributed by atoms with Gasteiger partial charge < -0.3 is 20.9 Å². The minimum Gasteiger partial charge on any atom is -0.409 e. The standard InChI is InChI=1S/C13H23N3O3/c1-8-5-13(6-8,11(14)15-19)12(18)16-4-3-10(7-16)9(2)17/h8-10,17,19H,3-7H2,1-2H3,(H2,14,15). The zero-order valence-corrected chi connectivity index (χ0v) is 11.5. The van der Waals surface area contributed by atoms with Gasteiger partial charge in [0.15, 0.2) is 5.84 Å². The van der Waals surface area contributed by atoms with Crippen molar-refractivity contribution >= 4 is 11.7 Å². The molecule has 2 atom stereocenters. The summed E-state index contributed by atoms with van der Waals surface area (Å²) in [6, 6.07) is 0. The predicted molar refractivity (Wildman–Crippen MR) is 70.6 cm³/mol. The van der Waals surface area contributed by atoms with Crippen molar-refractivity contribution in [2.45, 2.75) is 39.2 Å². The molecule has 0 radical (unpaired) electrons. The Balaban J connectivity index is 2.10. The summed E-state index contributed by atoms with van der Waals surface area (Å²) in [7, 11) is 0. The molecule has 1 saturated heterocycles. The van der Waals surface area contributed by atoms with Crippen molar-refractivity contribution in [1.29, 1.82) is 0 Å². The Kier molecular flexibility index (Phi) is 3.71. The molecule has 0 spiro atoms. The monoisotopic (exact) mass is 269 g/mol. The lowest BCUT2D eigenvalue weighted by molar-refractivity contribution is -0.143. The van der Waals surface area contributed by atoms with Gasteiger partial charge in [-0.05, 0) is 32.1 Å². The second kappa shape index (κ2) is 5.00. The number of oxime groups is 1. The van der Waals surface area contributed by atoms with Crippen molar-refractivity contribution in [2.24, 2.45) is 28.1 Å². The molecule has 19 heavy (non-hydrogen) atoms. The first-order valence-electron chi connectivity index (χ1n) is 6.86. The van der Waals surface area contributed by atoms with Crippen LogP contribution in [0.3, 0.4) is 0 Å². The molecule has 4 N–H and O–H groups in total. The van der Waals surface area contributed by atoms with Crippen LogP contribution in [0.4, 0.5) is 0 Å². The molecular formula is C13H23N3O3. The van der Waals surface area contributed by atoms with E-state index in [1.165, 1.54) is 0 Å². The number of carbonyl (C=O) groups is 1. The minimum absolute atomic E-state index is 0.0242. The highest BCUT2D eigenvalue weighted by molar-refractivity contribution is 6.07. The van der Waals surface area contributed by atoms with Crippen molar-refractivity contribution in [2.75, 3.05) is 13.1 Å². The Morgan fingerprint density at radius 1 is 1.53 bits per heavy atom. The second-order valence-electron chi connectivity index (χ2n) is 6.12. The molecule has 0 aromatic heterocycles. The van der Waals surface area contributed by atoms with Gasteiger partial charge in [0.1, 0.15) is 5.41 Å². The fourth-order valence-corrected chi connectivity index (χ4v) is 3.39. The lowest BCUT2D eigenvalue weighted by atomic mass is 9.61. The smallest absolute Gasteiger partial charge is 0.236 e. The average Bonchev–Trinajstić information content (AvgIpc) is 2.82. The van der Waals surface area contributed by atoms with Crippen molar-refractivity contribution in [1.82, 2.24) is 4.90 Å². The zero-order valence-electron chi connectivity index (χ0n) is 11.5. The van der Waals surface area contributed by atoms with Gasteiger partial charge in [-0.25, -0.2) is 0 Å². The van der Waals surface area contributed by atoms with Gasteiger partial charge in [-0.3, -0.25) is 4.79 Å². The average molecular weight is 269 g/mol. The molecule has 2 aliphatic rings. The molecule has 2 fully saturated rings. The normalized spacial score (nSPS) is 37.0. The molecule has 0 aromatic rings. The number of aliphatic hydroxyl groups is 1. The maximum atomic E-state index is 12.6. The number of nitrogens with two attached hydrogens (primary N) is 1. The number of amidine groups is 1. The number of hydrogen-bond donors (Lipinski definition) is 3. The first-order valence-corrected chi connectivity index (χ1v) is 6.86. The van der Waals surface area contributed by atoms with E-state index in [2.05, 4.69) is 12.1 Å². The van der Waals surface area contributed by atoms with Crippen molar-refractivity contribution in [3.63, 3.8) is 0 Å². The predicted octanol–water partition coefficient (Wildman–Crippen LogP) is 0.378. The molecule has 1 heterocycles. The summed E-state index contributed by atoms with van der Waals surface area (Å²) in [4.78, 5) is 14.4. The molecule has 1 aliphatic heterocycles. The maximum absolute atomic E-state index is 12.6. The van der Waals surface area contributed by atoms with Gasteiger partial charge in [0.2, 0.25) is 5.91 Å². The van der Waals surface area contributed by atoms with Crippen LogP contribution >= 0.6 is 0 Å². The van der Waals surface area contributed by atoms with Crippen LogP contribution in [0.25, 0.3) is 0 Å². The van der Waals surface area contributed by atoms with E-state index < -0.39 is 11.5 Å². The van der Waals surface area contributed by atoms with E-state index in [0.717, 1.165) is 6.42 Å². The summed E-state index contributed by atoms with van der Waals surface area (Å²) in [5.74, 6) is 0.519. The van der Waals surface area contributed by atoms with E-state index in [1.54, 1.807) is 11.8 Å². The summed E-state index contributed by atoms with van der Waals surface area (Å²) >= 11 is 0. The van der Waals surface area contributed by atoms with E-state index in [1.807, 2.05) is 0 Å². The third kappa shape index (κ3) is 2.29. The molecule has 0 aromatic carbocycles. The fraction of sp³-hybridized carbons (Fsp3) is 0.846. The summed E-state index contributed by atoms with van der Waals surface area (Å²) < 4.78 is 0. The minimum atomic E-state index is -0.818. The first-order chi connectivity index (χ1) is 8.90. The van der Waals surface area contributed by atoms with E-state index >= 15 is 0 Å². The Morgan fingerprint density at radius 3 is 2.58 bits per heavy atom. The number of likely N-dealkylation sites (tertiary alicyclic amines) is 1. The fourth-order valence-electron chi connectivity index (χ4n) is 3.39. The van der Waals surface area contributed by atoms with Crippen LogP contribution in [0.1, 0.15) is 33.1 Å². The largest absolute Gasteiger partial charge is 0.409 e. The van der Waals surface area contributed by atoms with E-state index in [0.29, 0.717) is 31.8 Å². The molecule has 108 valence electrons. The van der Waals surface area contributed by atoms with E-state index in [-0.39, 0.29) is 17.7 Å². The molecule has 1 aliphatic carbocycles. The molecular weight excluding hydrogens is 246 g/mol. The SMILES string of the molecule is CC1CC(C(=O)N2CCC(C(C)O)C2)(C(N)=NO)C1. The Labute approximate surface area is 113 Å². The zero-order chi connectivity index (χ0) is 14.2. The number of amides is 1. The summed E-state index contributed by atoms with van der Waals surface area (Å²) in [5.41, 5.74) is 4.92. The molecule has 6 heteroatoms. The lowest BCUT2D eigenvalue weighted by Crippen LogP contribution is -2.57. The van der Waals surface area contributed by atoms with Crippen LogP contribution in [0.2, 0.25) is 0 Å². The van der Waals surface area contributed by atoms with Gasteiger partial charge in [-0.2, -0.15) is 0 Å². The van der Waals surface area contributed by atoms with Crippen LogP contribution < -0.4 is 5.73 Å². The van der Waals surface area contributed by atoms with Gasteiger partial charge in [0.05, 0.1) is 6.10 Å². The van der Waals surface area contributed by atoms with Gasteiger partial charge in [-0.15, -0.1) is 0 Å². The Morgan fingerprint density at radius 2 is 2.16 bits per heavy atom. The molecule has 2 rings (SSSR count). The third-order valence-corrected chi connectivity index (χ3v) is 4.60. The second-order valence-corrected chi connectivity index (χ2v) is 6.12. The highest BCUT2D eigenvalue weighted by Gasteiger charge is 2.54. The Bertz CT molecular complexity index is 389. The summed E-state index contributed by atoms with van der Waals surface area (Å²) in [6.07, 6.45) is 1.68. The van der Waals surface area contributed by atoms with Crippen molar-refractivity contribution < 1.29 is 15.1 Å². The van der Waals surface area contributed by atoms with Crippen molar-refractivity contribution in [3.05, 3.63) is 0 Å². The molecule has 0 bridgehead atoms. The number of hydrogen-bond acceptors (Lipinski definition) is 4. The molecule has 1 saturated carbocycles. The van der Waals surface area contributed by atoms with Crippen LogP contribution in [-0.4, -0.2) is 46.1 Å². The van der Waals surface area contributed by atoms with Gasteiger partial charge >= 0.3 is 0 Å². The van der Waals surface area contributed by atoms with E-state index in [4.69, 9.17) is 10.9 Å². The molecule has 6 nitrogen and oxygen atoms in total. The highest BCUT2D eigenvalue weighted by Crippen LogP contribution is 2.47. The number of rotatable bonds is 3. The van der Waals surface area contributed by atoms with Crippen LogP contribution in [0.15, 0.2) is 5.16 Å². The van der Waals surface area contributed by atoms with Gasteiger partial charge in [-0.1, -0.05) is 12.1 Å². The number of carbonyl (C=O) groups excluding carboxylic acids is 1. The van der Waals surface area contributed by atoms with Gasteiger partial charge in [0, 0.05) is 19.0 Å². The topological polar surface area (TPSA) is 99.2 Å². The van der Waals surface area contributed by atoms with Crippen LogP contribution in [0, 0.1) is 17.3 Å². The first kappa shape index (κ1) is 14.1. The molecule has 2 unspecified atom stereocenters. The maximum Gasteiger partial charge on any atom is 0.236 e. The lowest BCUT2D eigenvalue weighted by Gasteiger charge is -2.45. The summed E-state index contributed by atoms with van der Waals surface area (Å²) in [6.45, 7) is 5.01. The van der Waals surface area contributed by atoms with Crippen LogP contribution in [-0.2, 0) is 4.79 Å². The quantitative estimate of drug-likeness (QED) is 0.298. The summed E-state index contributed by atoms with van der Waals surface area (Å²) in [5, 5.41) is 21.6. The van der Waals surface area contributed by atoms with Gasteiger partial charge in [0.25, 0.3) is 0 Å².